The van der Waals surface area contributed by atoms with Crippen LogP contribution in [0.15, 0.2) is 36.1 Å². The molecular formula is C22H34N2O7Pt. The maximum absolute atomic E-state index is 12.1. The van der Waals surface area contributed by atoms with E-state index in [1.165, 1.54) is 25.8 Å². The number of ether oxygens (including phenoxy) is 2. The Morgan fingerprint density at radius 1 is 1.09 bits per heavy atom. The number of cyclic esters (lactones) is 1. The van der Waals surface area contributed by atoms with Gasteiger partial charge >= 0.3 is 5.97 Å². The van der Waals surface area contributed by atoms with Gasteiger partial charge in [-0.1, -0.05) is 31.0 Å². The molecule has 10 heteroatoms. The molecule has 0 saturated heterocycles. The van der Waals surface area contributed by atoms with Crippen molar-refractivity contribution in [3.05, 3.63) is 41.7 Å². The maximum atomic E-state index is 12.1. The third-order valence-corrected chi connectivity index (χ3v) is 5.16. The van der Waals surface area contributed by atoms with Crippen LogP contribution in [-0.2, 0) is 46.6 Å². The van der Waals surface area contributed by atoms with Gasteiger partial charge in [0.15, 0.2) is 17.5 Å². The van der Waals surface area contributed by atoms with Gasteiger partial charge in [0.05, 0.1) is 7.11 Å². The zero-order chi connectivity index (χ0) is 21.4. The number of rotatable bonds is 5. The minimum atomic E-state index is -1.33. The normalized spacial score (nSPS) is 21.8. The number of benzene rings is 1. The number of esters is 1. The fourth-order valence-corrected chi connectivity index (χ4v) is 3.44. The molecule has 1 fully saturated rings. The Morgan fingerprint density at radius 3 is 2.16 bits per heavy atom. The smallest absolute Gasteiger partial charge is 0.329 e. The van der Waals surface area contributed by atoms with E-state index in [1.54, 1.807) is 13.2 Å². The summed E-state index contributed by atoms with van der Waals surface area (Å²) in [4.78, 5) is 35.5. The summed E-state index contributed by atoms with van der Waals surface area (Å²) in [5, 5.41) is 0. The van der Waals surface area contributed by atoms with Crippen LogP contribution in [0.2, 0.25) is 0 Å². The van der Waals surface area contributed by atoms with Crippen LogP contribution in [0, 0.1) is 5.92 Å². The summed E-state index contributed by atoms with van der Waals surface area (Å²) in [6, 6.07) is 7.88. The molecule has 0 bridgehead atoms. The minimum Gasteiger partial charge on any atom is -0.496 e. The largest absolute Gasteiger partial charge is 0.496 e. The monoisotopic (exact) mass is 633 g/mol. The quantitative estimate of drug-likeness (QED) is 0.347. The number of aryl methyl sites for hydroxylation is 1. The summed E-state index contributed by atoms with van der Waals surface area (Å²) in [5.74, 6) is -2.15. The number of nitrogens with two attached hydrogens (primary N) is 2. The van der Waals surface area contributed by atoms with E-state index in [4.69, 9.17) is 20.9 Å². The summed E-state index contributed by atoms with van der Waals surface area (Å²) < 4.78 is 10.0. The van der Waals surface area contributed by atoms with Crippen LogP contribution < -0.4 is 16.2 Å². The van der Waals surface area contributed by atoms with E-state index in [0.717, 1.165) is 18.4 Å². The van der Waals surface area contributed by atoms with E-state index in [9.17, 15) is 14.4 Å². The van der Waals surface area contributed by atoms with Gasteiger partial charge in [0.1, 0.15) is 11.5 Å². The zero-order valence-electron chi connectivity index (χ0n) is 18.4. The van der Waals surface area contributed by atoms with Gasteiger partial charge in [-0.2, -0.15) is 0 Å². The first-order valence-electron chi connectivity index (χ1n) is 9.93. The SMILES string of the molecule is COc1ccccc1CCC(=O)C1C(=O)C=C(C)OC1=O.N[C@@H]1CCCC[C@H]1N.O.O.[Pt]. The van der Waals surface area contributed by atoms with Crippen molar-refractivity contribution in [2.24, 2.45) is 17.4 Å². The van der Waals surface area contributed by atoms with Crippen molar-refractivity contribution in [2.45, 2.75) is 57.5 Å². The molecule has 1 aromatic carbocycles. The molecular weight excluding hydrogens is 599 g/mol. The third-order valence-electron chi connectivity index (χ3n) is 5.16. The molecule has 0 amide bonds. The Kier molecular flexibility index (Phi) is 16.0. The van der Waals surface area contributed by atoms with Gasteiger partial charge in [0, 0.05) is 45.6 Å². The average molecular weight is 634 g/mol. The van der Waals surface area contributed by atoms with E-state index >= 15 is 0 Å². The van der Waals surface area contributed by atoms with Crippen molar-refractivity contribution >= 4 is 17.5 Å². The van der Waals surface area contributed by atoms with E-state index in [-0.39, 0.29) is 56.3 Å². The summed E-state index contributed by atoms with van der Waals surface area (Å²) >= 11 is 0. The van der Waals surface area contributed by atoms with E-state index < -0.39 is 23.5 Å². The molecule has 3 rings (SSSR count). The summed E-state index contributed by atoms with van der Waals surface area (Å²) in [5.41, 5.74) is 12.2. The number of para-hydroxylation sites is 1. The molecule has 1 aliphatic heterocycles. The van der Waals surface area contributed by atoms with E-state index in [1.807, 2.05) is 18.2 Å². The number of Topliss-reactive ketones (excluding diaryl/α,β-unsaturated/α-hetero) is 1. The molecule has 1 heterocycles. The summed E-state index contributed by atoms with van der Waals surface area (Å²) in [6.45, 7) is 1.51. The van der Waals surface area contributed by atoms with Crippen LogP contribution in [0.4, 0.5) is 0 Å². The molecule has 0 spiro atoms. The van der Waals surface area contributed by atoms with Crippen LogP contribution in [0.5, 0.6) is 5.75 Å². The van der Waals surface area contributed by atoms with Crippen molar-refractivity contribution in [1.29, 1.82) is 0 Å². The predicted molar refractivity (Wildman–Crippen MR) is 116 cm³/mol. The molecule has 1 saturated carbocycles. The van der Waals surface area contributed by atoms with Crippen molar-refractivity contribution in [2.75, 3.05) is 7.11 Å². The Balaban J connectivity index is 0. The van der Waals surface area contributed by atoms with Gasteiger partial charge in [-0.15, -0.1) is 0 Å². The maximum Gasteiger partial charge on any atom is 0.329 e. The Labute approximate surface area is 202 Å². The van der Waals surface area contributed by atoms with Gasteiger partial charge in [0.25, 0.3) is 0 Å². The van der Waals surface area contributed by atoms with E-state index in [0.29, 0.717) is 12.2 Å². The number of hydrogen-bond acceptors (Lipinski definition) is 7. The van der Waals surface area contributed by atoms with Gasteiger partial charge < -0.3 is 31.9 Å². The number of carbonyl (C=O) groups is 3. The minimum absolute atomic E-state index is 0. The van der Waals surface area contributed by atoms with Crippen molar-refractivity contribution in [1.82, 2.24) is 0 Å². The van der Waals surface area contributed by atoms with Gasteiger partial charge in [-0.05, 0) is 37.8 Å². The molecule has 1 aromatic rings. The molecule has 32 heavy (non-hydrogen) atoms. The predicted octanol–water partition coefficient (Wildman–Crippen LogP) is 0.406. The molecule has 3 atom stereocenters. The fraction of sp³-hybridized carbons (Fsp3) is 0.500. The zero-order valence-corrected chi connectivity index (χ0v) is 20.6. The summed E-state index contributed by atoms with van der Waals surface area (Å²) in [6.07, 6.45) is 6.47. The second-order valence-corrected chi connectivity index (χ2v) is 7.40. The number of carbonyl (C=O) groups excluding carboxylic acids is 3. The fourth-order valence-electron chi connectivity index (χ4n) is 3.44. The molecule has 2 aliphatic rings. The molecule has 1 aliphatic carbocycles. The Bertz CT molecular complexity index is 775. The van der Waals surface area contributed by atoms with E-state index in [2.05, 4.69) is 0 Å². The molecule has 0 aromatic heterocycles. The molecule has 184 valence electrons. The first kappa shape index (κ1) is 32.3. The number of hydrogen-bond donors (Lipinski definition) is 2. The molecule has 8 N–H and O–H groups in total. The second kappa shape index (κ2) is 15.8. The standard InChI is InChI=1S/C16H16O5.C6H14N2.2H2O.Pt/c1-10-9-13(18)15(16(19)21-10)12(17)8-7-11-5-3-4-6-14(11)20-2;7-5-3-1-2-4-6(5)8;;;/h3-6,9,15H,7-8H2,1-2H3;5-6H,1-4,7-8H2;2*1H2;/t;5-,6-;;;/m.1.../s1. The third kappa shape index (κ3) is 9.30. The van der Waals surface area contributed by atoms with Crippen LogP contribution in [-0.4, -0.2) is 47.7 Å². The first-order valence-corrected chi connectivity index (χ1v) is 9.93. The van der Waals surface area contributed by atoms with Crippen molar-refractivity contribution < 1.29 is 55.9 Å². The number of ketones is 2. The molecule has 9 nitrogen and oxygen atoms in total. The topological polar surface area (TPSA) is 185 Å². The molecule has 0 radical (unpaired) electrons. The number of methoxy groups -OCH3 is 1. The average Bonchev–Trinajstić information content (AvgIpc) is 2.68. The van der Waals surface area contributed by atoms with Crippen LogP contribution in [0.25, 0.3) is 0 Å². The Morgan fingerprint density at radius 2 is 1.66 bits per heavy atom. The number of allylic oxidation sites excluding steroid dienone is 2. The molecule has 1 unspecified atom stereocenters. The Hall–Kier alpha value is -1.90. The second-order valence-electron chi connectivity index (χ2n) is 7.40. The van der Waals surface area contributed by atoms with Gasteiger partial charge in [0.2, 0.25) is 0 Å². The summed E-state index contributed by atoms with van der Waals surface area (Å²) in [7, 11) is 1.55. The first-order chi connectivity index (χ1) is 13.8. The van der Waals surface area contributed by atoms with Crippen LogP contribution >= 0.6 is 0 Å². The van der Waals surface area contributed by atoms with Crippen LogP contribution in [0.1, 0.15) is 44.6 Å². The van der Waals surface area contributed by atoms with Crippen molar-refractivity contribution in [3.63, 3.8) is 0 Å². The van der Waals surface area contributed by atoms with Crippen molar-refractivity contribution in [3.8, 4) is 5.75 Å². The van der Waals surface area contributed by atoms with Gasteiger partial charge in [-0.3, -0.25) is 14.4 Å². The van der Waals surface area contributed by atoms with Gasteiger partial charge in [-0.25, -0.2) is 0 Å². The van der Waals surface area contributed by atoms with Crippen LogP contribution in [0.3, 0.4) is 0 Å².